The van der Waals surface area contributed by atoms with Gasteiger partial charge in [0.1, 0.15) is 5.76 Å². The van der Waals surface area contributed by atoms with Crippen LogP contribution in [0, 0.1) is 12.8 Å². The number of hydrogen-bond acceptors (Lipinski definition) is 3. The molecule has 4 nitrogen and oxygen atoms in total. The first-order valence-electron chi connectivity index (χ1n) is 5.91. The van der Waals surface area contributed by atoms with Crippen LogP contribution in [-0.2, 0) is 4.79 Å². The maximum absolute atomic E-state index is 11.9. The predicted molar refractivity (Wildman–Crippen MR) is 63.2 cm³/mol. The number of anilines is 1. The van der Waals surface area contributed by atoms with Crippen LogP contribution in [0.15, 0.2) is 10.6 Å². The first kappa shape index (κ1) is 12.7. The van der Waals surface area contributed by atoms with Gasteiger partial charge in [0, 0.05) is 12.0 Å². The normalized spacial score (nSPS) is 12.4. The number of carbonyl (C=O) groups is 1. The van der Waals surface area contributed by atoms with Gasteiger partial charge in [0.05, 0.1) is 0 Å². The van der Waals surface area contributed by atoms with E-state index in [4.69, 9.17) is 4.52 Å². The smallest absolute Gasteiger partial charge is 0.228 e. The average molecular weight is 224 g/mol. The summed E-state index contributed by atoms with van der Waals surface area (Å²) in [6.45, 7) is 5.97. The molecule has 0 aromatic carbocycles. The van der Waals surface area contributed by atoms with Crippen LogP contribution >= 0.6 is 0 Å². The van der Waals surface area contributed by atoms with Crippen LogP contribution in [0.1, 0.15) is 45.3 Å². The number of hydrogen-bond donors (Lipinski definition) is 1. The average Bonchev–Trinajstić information content (AvgIpc) is 2.65. The highest BCUT2D eigenvalue weighted by Gasteiger charge is 2.16. The van der Waals surface area contributed by atoms with Crippen molar-refractivity contribution in [3.05, 3.63) is 11.8 Å². The Kier molecular flexibility index (Phi) is 5.02. The number of nitrogens with zero attached hydrogens (tertiary/aromatic N) is 1. The lowest BCUT2D eigenvalue weighted by molar-refractivity contribution is -0.120. The van der Waals surface area contributed by atoms with Crippen LogP contribution < -0.4 is 5.32 Å². The highest BCUT2D eigenvalue weighted by Crippen LogP contribution is 2.15. The maximum Gasteiger partial charge on any atom is 0.228 e. The Balaban J connectivity index is 2.49. The van der Waals surface area contributed by atoms with Crippen LogP contribution in [0.3, 0.4) is 0 Å². The molecule has 90 valence electrons. The second kappa shape index (κ2) is 6.30. The lowest BCUT2D eigenvalue weighted by atomic mass is 9.98. The third-order valence-corrected chi connectivity index (χ3v) is 2.65. The Labute approximate surface area is 96.4 Å². The van der Waals surface area contributed by atoms with Gasteiger partial charge in [-0.15, -0.1) is 0 Å². The molecule has 0 saturated heterocycles. The summed E-state index contributed by atoms with van der Waals surface area (Å²) in [4.78, 5) is 11.9. The molecule has 0 radical (unpaired) electrons. The predicted octanol–water partition coefficient (Wildman–Crippen LogP) is 3.14. The summed E-state index contributed by atoms with van der Waals surface area (Å²) in [5, 5.41) is 6.52. The summed E-state index contributed by atoms with van der Waals surface area (Å²) in [7, 11) is 0. The second-order valence-corrected chi connectivity index (χ2v) is 4.06. The number of carbonyl (C=O) groups excluding carboxylic acids is 1. The first-order valence-corrected chi connectivity index (χ1v) is 5.91. The van der Waals surface area contributed by atoms with Crippen molar-refractivity contribution in [1.82, 2.24) is 5.16 Å². The van der Waals surface area contributed by atoms with E-state index in [1.165, 1.54) is 0 Å². The molecule has 0 aliphatic heterocycles. The van der Waals surface area contributed by atoms with Gasteiger partial charge < -0.3 is 9.84 Å². The fourth-order valence-electron chi connectivity index (χ4n) is 1.62. The minimum Gasteiger partial charge on any atom is -0.360 e. The number of nitrogens with one attached hydrogen (secondary N) is 1. The van der Waals surface area contributed by atoms with Crippen molar-refractivity contribution >= 4 is 11.7 Å². The molecule has 0 aliphatic rings. The molecule has 0 aliphatic carbocycles. The van der Waals surface area contributed by atoms with Gasteiger partial charge in [-0.2, -0.15) is 0 Å². The van der Waals surface area contributed by atoms with E-state index in [0.29, 0.717) is 11.6 Å². The summed E-state index contributed by atoms with van der Waals surface area (Å²) >= 11 is 0. The molecule has 1 rings (SSSR count). The van der Waals surface area contributed by atoms with Crippen molar-refractivity contribution in [3.63, 3.8) is 0 Å². The third-order valence-electron chi connectivity index (χ3n) is 2.65. The monoisotopic (exact) mass is 224 g/mol. The summed E-state index contributed by atoms with van der Waals surface area (Å²) in [5.74, 6) is 1.34. The number of amides is 1. The molecule has 1 atom stereocenters. The molecular formula is C12H20N2O2. The van der Waals surface area contributed by atoms with Gasteiger partial charge in [-0.3, -0.25) is 4.79 Å². The fourth-order valence-corrected chi connectivity index (χ4v) is 1.62. The molecule has 1 aromatic rings. The molecule has 0 bridgehead atoms. The zero-order valence-electron chi connectivity index (χ0n) is 10.2. The van der Waals surface area contributed by atoms with Gasteiger partial charge in [-0.05, 0) is 19.8 Å². The summed E-state index contributed by atoms with van der Waals surface area (Å²) in [5.41, 5.74) is 0. The van der Waals surface area contributed by atoms with Crippen molar-refractivity contribution in [2.75, 3.05) is 5.32 Å². The molecule has 0 saturated carbocycles. The van der Waals surface area contributed by atoms with Crippen molar-refractivity contribution in [2.45, 2.75) is 46.5 Å². The zero-order chi connectivity index (χ0) is 12.0. The Morgan fingerprint density at radius 3 is 2.81 bits per heavy atom. The van der Waals surface area contributed by atoms with E-state index >= 15 is 0 Å². The number of aromatic nitrogens is 1. The van der Waals surface area contributed by atoms with E-state index in [2.05, 4.69) is 17.4 Å². The van der Waals surface area contributed by atoms with Gasteiger partial charge in [-0.1, -0.05) is 31.8 Å². The zero-order valence-corrected chi connectivity index (χ0v) is 10.2. The van der Waals surface area contributed by atoms with E-state index in [-0.39, 0.29) is 11.8 Å². The Hall–Kier alpha value is -1.32. The molecule has 1 amide bonds. The molecule has 0 fully saturated rings. The Bertz CT molecular complexity index is 334. The minimum atomic E-state index is 0.0456. The lowest BCUT2D eigenvalue weighted by Gasteiger charge is -2.12. The molecular weight excluding hydrogens is 204 g/mol. The van der Waals surface area contributed by atoms with Crippen molar-refractivity contribution in [1.29, 1.82) is 0 Å². The highest BCUT2D eigenvalue weighted by molar-refractivity contribution is 5.91. The summed E-state index contributed by atoms with van der Waals surface area (Å²) < 4.78 is 4.90. The summed E-state index contributed by atoms with van der Waals surface area (Å²) in [6, 6.07) is 1.73. The fraction of sp³-hybridized carbons (Fsp3) is 0.667. The standard InChI is InChI=1S/C12H20N2O2/c1-4-6-7-10(5-2)12(15)13-11-8-9(3)16-14-11/h8,10H,4-7H2,1-3H3,(H,13,14,15)/t10-/m0/s1. The van der Waals surface area contributed by atoms with Gasteiger partial charge >= 0.3 is 0 Å². The van der Waals surface area contributed by atoms with Crippen molar-refractivity contribution < 1.29 is 9.32 Å². The van der Waals surface area contributed by atoms with Crippen molar-refractivity contribution in [3.8, 4) is 0 Å². The van der Waals surface area contributed by atoms with Crippen LogP contribution in [0.2, 0.25) is 0 Å². The Morgan fingerprint density at radius 1 is 1.56 bits per heavy atom. The molecule has 1 heterocycles. The summed E-state index contributed by atoms with van der Waals surface area (Å²) in [6.07, 6.45) is 4.01. The van der Waals surface area contributed by atoms with Crippen LogP contribution in [0.5, 0.6) is 0 Å². The van der Waals surface area contributed by atoms with Crippen LogP contribution in [0.25, 0.3) is 0 Å². The van der Waals surface area contributed by atoms with Crippen molar-refractivity contribution in [2.24, 2.45) is 5.92 Å². The highest BCUT2D eigenvalue weighted by atomic mass is 16.5. The van der Waals surface area contributed by atoms with Gasteiger partial charge in [-0.25, -0.2) is 0 Å². The van der Waals surface area contributed by atoms with E-state index in [1.807, 2.05) is 6.92 Å². The molecule has 0 spiro atoms. The number of rotatable bonds is 6. The minimum absolute atomic E-state index is 0.0456. The van der Waals surface area contributed by atoms with Gasteiger partial charge in [0.2, 0.25) is 5.91 Å². The van der Waals surface area contributed by atoms with E-state index in [0.717, 1.165) is 25.7 Å². The first-order chi connectivity index (χ1) is 7.67. The molecule has 1 N–H and O–H groups in total. The Morgan fingerprint density at radius 2 is 2.31 bits per heavy atom. The third kappa shape index (κ3) is 3.68. The van der Waals surface area contributed by atoms with E-state index in [9.17, 15) is 4.79 Å². The SMILES string of the molecule is CCCC[C@H](CC)C(=O)Nc1cc(C)on1. The van der Waals surface area contributed by atoms with E-state index in [1.54, 1.807) is 13.0 Å². The molecule has 4 heteroatoms. The molecule has 1 aromatic heterocycles. The molecule has 16 heavy (non-hydrogen) atoms. The topological polar surface area (TPSA) is 55.1 Å². The van der Waals surface area contributed by atoms with E-state index < -0.39 is 0 Å². The van der Waals surface area contributed by atoms with Gasteiger partial charge in [0.25, 0.3) is 0 Å². The second-order valence-electron chi connectivity index (χ2n) is 4.06. The molecule has 0 unspecified atom stereocenters. The van der Waals surface area contributed by atoms with Gasteiger partial charge in [0.15, 0.2) is 5.82 Å². The maximum atomic E-state index is 11.9. The lowest BCUT2D eigenvalue weighted by Crippen LogP contribution is -2.22. The van der Waals surface area contributed by atoms with Crippen LogP contribution in [-0.4, -0.2) is 11.1 Å². The largest absolute Gasteiger partial charge is 0.360 e. The number of unbranched alkanes of at least 4 members (excludes halogenated alkanes) is 1. The van der Waals surface area contributed by atoms with Crippen LogP contribution in [0.4, 0.5) is 5.82 Å². The number of aryl methyl sites for hydroxylation is 1. The quantitative estimate of drug-likeness (QED) is 0.807.